The first-order valence-corrected chi connectivity index (χ1v) is 12.0. The van der Waals surface area contributed by atoms with Crippen molar-refractivity contribution in [2.45, 2.75) is 71.1 Å². The number of aryl methyl sites for hydroxylation is 1. The summed E-state index contributed by atoms with van der Waals surface area (Å²) in [6.45, 7) is 6.68. The lowest BCUT2D eigenvalue weighted by atomic mass is 10.0. The molecule has 0 spiro atoms. The van der Waals surface area contributed by atoms with Crippen LogP contribution in [0.15, 0.2) is 18.2 Å². The second-order valence-electron chi connectivity index (χ2n) is 7.89. The first-order chi connectivity index (χ1) is 14.9. The van der Waals surface area contributed by atoms with Gasteiger partial charge in [-0.25, -0.2) is 0 Å². The van der Waals surface area contributed by atoms with E-state index in [4.69, 9.17) is 23.7 Å². The first kappa shape index (κ1) is 25.0. The zero-order valence-electron chi connectivity index (χ0n) is 19.0. The topological polar surface area (TPSA) is 46.2 Å². The van der Waals surface area contributed by atoms with Crippen molar-refractivity contribution in [3.63, 3.8) is 0 Å². The summed E-state index contributed by atoms with van der Waals surface area (Å²) >= 11 is 0. The van der Waals surface area contributed by atoms with Crippen molar-refractivity contribution >= 4 is 0 Å². The summed E-state index contributed by atoms with van der Waals surface area (Å²) in [7, 11) is 0. The molecule has 2 rings (SSSR count). The lowest BCUT2D eigenvalue weighted by Gasteiger charge is -2.14. The number of benzene rings is 1. The minimum atomic E-state index is 0.504. The van der Waals surface area contributed by atoms with Gasteiger partial charge in [0.1, 0.15) is 13.2 Å². The molecule has 0 aliphatic carbocycles. The molecule has 0 fully saturated rings. The summed E-state index contributed by atoms with van der Waals surface area (Å²) in [5, 5.41) is 0. The third-order valence-corrected chi connectivity index (χ3v) is 5.29. The average Bonchev–Trinajstić information content (AvgIpc) is 2.77. The fourth-order valence-corrected chi connectivity index (χ4v) is 3.54. The lowest BCUT2D eigenvalue weighted by Crippen LogP contribution is -2.13. The van der Waals surface area contributed by atoms with E-state index >= 15 is 0 Å². The molecule has 0 radical (unpaired) electrons. The van der Waals surface area contributed by atoms with Crippen LogP contribution in [0.2, 0.25) is 0 Å². The van der Waals surface area contributed by atoms with Crippen LogP contribution in [0.3, 0.4) is 0 Å². The van der Waals surface area contributed by atoms with E-state index < -0.39 is 0 Å². The second-order valence-corrected chi connectivity index (χ2v) is 7.89. The third-order valence-electron chi connectivity index (χ3n) is 5.29. The number of rotatable bonds is 10. The maximum atomic E-state index is 5.96. The predicted molar refractivity (Wildman–Crippen MR) is 121 cm³/mol. The van der Waals surface area contributed by atoms with Gasteiger partial charge < -0.3 is 23.7 Å². The molecule has 0 saturated carbocycles. The van der Waals surface area contributed by atoms with Gasteiger partial charge in [-0.2, -0.15) is 0 Å². The van der Waals surface area contributed by atoms with Crippen LogP contribution in [0, 0.1) is 0 Å². The Kier molecular flexibility index (Phi) is 14.5. The largest absolute Gasteiger partial charge is 0.487 e. The quantitative estimate of drug-likeness (QED) is 0.461. The van der Waals surface area contributed by atoms with E-state index in [0.717, 1.165) is 17.9 Å². The molecule has 0 amide bonds. The fourth-order valence-electron chi connectivity index (χ4n) is 3.54. The van der Waals surface area contributed by atoms with E-state index in [2.05, 4.69) is 19.1 Å². The Morgan fingerprint density at radius 3 is 1.67 bits per heavy atom. The minimum absolute atomic E-state index is 0.504. The molecule has 1 aromatic rings. The van der Waals surface area contributed by atoms with E-state index in [-0.39, 0.29) is 0 Å². The molecule has 1 aliphatic heterocycles. The van der Waals surface area contributed by atoms with Gasteiger partial charge in [0.15, 0.2) is 11.5 Å². The molecule has 0 saturated heterocycles. The maximum absolute atomic E-state index is 5.96. The number of unbranched alkanes of at least 4 members (excludes halogenated alkanes) is 8. The smallest absolute Gasteiger partial charge is 0.161 e. The molecule has 0 aromatic heterocycles. The Labute approximate surface area is 183 Å². The van der Waals surface area contributed by atoms with Crippen molar-refractivity contribution in [2.24, 2.45) is 0 Å². The van der Waals surface area contributed by atoms with Crippen molar-refractivity contribution in [2.75, 3.05) is 52.9 Å². The van der Waals surface area contributed by atoms with E-state index in [1.54, 1.807) is 0 Å². The Morgan fingerprint density at radius 2 is 1.07 bits per heavy atom. The minimum Gasteiger partial charge on any atom is -0.487 e. The second kappa shape index (κ2) is 17.4. The van der Waals surface area contributed by atoms with Crippen LogP contribution in [0.25, 0.3) is 0 Å². The fraction of sp³-hybridized carbons (Fsp3) is 0.760. The summed E-state index contributed by atoms with van der Waals surface area (Å²) in [6.07, 6.45) is 13.2. The highest BCUT2D eigenvalue weighted by Gasteiger charge is 2.08. The van der Waals surface area contributed by atoms with E-state index in [1.807, 2.05) is 6.07 Å². The van der Waals surface area contributed by atoms with Crippen LogP contribution >= 0.6 is 0 Å². The lowest BCUT2D eigenvalue weighted by molar-refractivity contribution is 0.00708. The number of ether oxygens (including phenoxy) is 5. The zero-order valence-corrected chi connectivity index (χ0v) is 19.0. The van der Waals surface area contributed by atoms with Crippen LogP contribution in [-0.2, 0) is 20.6 Å². The molecular formula is C25H42O5. The van der Waals surface area contributed by atoms with Gasteiger partial charge in [-0.3, -0.25) is 0 Å². The van der Waals surface area contributed by atoms with Crippen LogP contribution in [0.4, 0.5) is 0 Å². The van der Waals surface area contributed by atoms with Gasteiger partial charge in [0, 0.05) is 0 Å². The van der Waals surface area contributed by atoms with Gasteiger partial charge in [0.25, 0.3) is 0 Å². The van der Waals surface area contributed by atoms with E-state index in [0.29, 0.717) is 52.9 Å². The molecular weight excluding hydrogens is 380 g/mol. The SMILES string of the molecule is CCCCCCCCCCCc1ccc2c(c1)OCCOCCOCCOCCO2. The highest BCUT2D eigenvalue weighted by molar-refractivity contribution is 5.43. The Balaban J connectivity index is 1.73. The van der Waals surface area contributed by atoms with Crippen LogP contribution in [-0.4, -0.2) is 52.9 Å². The Hall–Kier alpha value is -1.30. The third kappa shape index (κ3) is 11.8. The number of hydrogen-bond donors (Lipinski definition) is 0. The van der Waals surface area contributed by atoms with Gasteiger partial charge in [0.2, 0.25) is 0 Å². The molecule has 0 bridgehead atoms. The molecule has 0 unspecified atom stereocenters. The first-order valence-electron chi connectivity index (χ1n) is 12.0. The van der Waals surface area contributed by atoms with Gasteiger partial charge >= 0.3 is 0 Å². The molecule has 30 heavy (non-hydrogen) atoms. The Bertz CT molecular complexity index is 534. The summed E-state index contributed by atoms with van der Waals surface area (Å²) in [5.41, 5.74) is 1.31. The molecule has 1 aliphatic rings. The molecule has 5 heteroatoms. The molecule has 5 nitrogen and oxygen atoms in total. The van der Waals surface area contributed by atoms with Crippen LogP contribution in [0.1, 0.15) is 70.3 Å². The highest BCUT2D eigenvalue weighted by atomic mass is 16.6. The average molecular weight is 423 g/mol. The van der Waals surface area contributed by atoms with Crippen molar-refractivity contribution < 1.29 is 23.7 Å². The summed E-state index contributed by atoms with van der Waals surface area (Å²) in [6, 6.07) is 6.31. The van der Waals surface area contributed by atoms with Crippen molar-refractivity contribution in [1.82, 2.24) is 0 Å². The molecule has 1 aromatic carbocycles. The zero-order chi connectivity index (χ0) is 21.1. The summed E-state index contributed by atoms with van der Waals surface area (Å²) in [5.74, 6) is 1.58. The van der Waals surface area contributed by atoms with Gasteiger partial charge in [-0.05, 0) is 30.5 Å². The van der Waals surface area contributed by atoms with Crippen molar-refractivity contribution in [3.8, 4) is 11.5 Å². The monoisotopic (exact) mass is 422 g/mol. The van der Waals surface area contributed by atoms with Crippen LogP contribution < -0.4 is 9.47 Å². The van der Waals surface area contributed by atoms with Gasteiger partial charge in [-0.1, -0.05) is 64.4 Å². The summed E-state index contributed by atoms with van der Waals surface area (Å²) in [4.78, 5) is 0. The van der Waals surface area contributed by atoms with E-state index in [1.165, 1.54) is 63.4 Å². The summed E-state index contributed by atoms with van der Waals surface area (Å²) < 4.78 is 28.4. The molecule has 0 N–H and O–H groups in total. The number of fused-ring (bicyclic) bond motifs is 1. The van der Waals surface area contributed by atoms with Gasteiger partial charge in [-0.15, -0.1) is 0 Å². The Morgan fingerprint density at radius 1 is 0.567 bits per heavy atom. The highest BCUT2D eigenvalue weighted by Crippen LogP contribution is 2.29. The molecule has 0 atom stereocenters. The maximum Gasteiger partial charge on any atom is 0.161 e. The van der Waals surface area contributed by atoms with Crippen molar-refractivity contribution in [1.29, 1.82) is 0 Å². The molecule has 172 valence electrons. The van der Waals surface area contributed by atoms with Crippen LogP contribution in [0.5, 0.6) is 11.5 Å². The standard InChI is InChI=1S/C25H42O5/c1-2-3-4-5-6-7-8-9-10-11-23-12-13-24-25(22-23)30-21-19-28-17-15-26-14-16-27-18-20-29-24/h12-13,22H,2-11,14-21H2,1H3. The van der Waals surface area contributed by atoms with Gasteiger partial charge in [0.05, 0.1) is 39.6 Å². The van der Waals surface area contributed by atoms with E-state index in [9.17, 15) is 0 Å². The van der Waals surface area contributed by atoms with Crippen molar-refractivity contribution in [3.05, 3.63) is 23.8 Å². The predicted octanol–water partition coefficient (Wildman–Crippen LogP) is 5.58. The normalized spacial score (nSPS) is 16.6. The number of hydrogen-bond acceptors (Lipinski definition) is 5. The molecule has 1 heterocycles.